The highest BCUT2D eigenvalue weighted by Gasteiger charge is 2.33. The maximum atomic E-state index is 12.7. The van der Waals surface area contributed by atoms with Crippen LogP contribution in [0, 0.1) is 5.92 Å². The molecule has 2 aromatic carbocycles. The van der Waals surface area contributed by atoms with Gasteiger partial charge in [-0.05, 0) is 56.0 Å². The number of nitrogens with one attached hydrogen (secondary N) is 1. The molecule has 31 heavy (non-hydrogen) atoms. The topological polar surface area (TPSA) is 65.4 Å². The number of ketones is 1. The zero-order chi connectivity index (χ0) is 22.1. The van der Waals surface area contributed by atoms with Crippen molar-refractivity contribution >= 4 is 22.8 Å². The van der Waals surface area contributed by atoms with E-state index in [2.05, 4.69) is 23.7 Å². The highest BCUT2D eigenvalue weighted by atomic mass is 16.5. The number of methoxy groups -OCH3 is 1. The Labute approximate surface area is 182 Å². The van der Waals surface area contributed by atoms with Gasteiger partial charge >= 0.3 is 0 Å². The first-order valence-electron chi connectivity index (χ1n) is 10.7. The summed E-state index contributed by atoms with van der Waals surface area (Å²) in [6, 6.07) is 13.6. The van der Waals surface area contributed by atoms with E-state index in [-0.39, 0.29) is 11.8 Å². The highest BCUT2D eigenvalue weighted by molar-refractivity contribution is 5.97. The quantitative estimate of drug-likeness (QED) is 0.559. The molecule has 1 aliphatic rings. The summed E-state index contributed by atoms with van der Waals surface area (Å²) >= 11 is 0. The van der Waals surface area contributed by atoms with Crippen molar-refractivity contribution in [2.24, 2.45) is 5.92 Å². The van der Waals surface area contributed by atoms with E-state index in [0.717, 1.165) is 34.7 Å². The second-order valence-corrected chi connectivity index (χ2v) is 8.36. The van der Waals surface area contributed by atoms with Crippen LogP contribution in [0.4, 0.5) is 5.95 Å². The summed E-state index contributed by atoms with van der Waals surface area (Å²) in [5.41, 5.74) is 4.33. The number of fused-ring (bicyclic) bond motifs is 3. The number of hydrogen-bond donors (Lipinski definition) is 1. The maximum Gasteiger partial charge on any atom is 0.209 e. The van der Waals surface area contributed by atoms with Crippen molar-refractivity contribution in [1.29, 1.82) is 0 Å². The molecule has 0 bridgehead atoms. The number of benzene rings is 2. The first kappa shape index (κ1) is 21.0. The first-order chi connectivity index (χ1) is 14.9. The van der Waals surface area contributed by atoms with Crippen LogP contribution < -0.4 is 14.8 Å². The Morgan fingerprint density at radius 3 is 2.68 bits per heavy atom. The smallest absolute Gasteiger partial charge is 0.209 e. The van der Waals surface area contributed by atoms with Gasteiger partial charge in [-0.2, -0.15) is 0 Å². The molecule has 2 heterocycles. The molecule has 4 rings (SSSR count). The molecular formula is C25H29N3O3. The van der Waals surface area contributed by atoms with Crippen LogP contribution >= 0.6 is 0 Å². The van der Waals surface area contributed by atoms with Gasteiger partial charge < -0.3 is 14.8 Å². The van der Waals surface area contributed by atoms with Crippen LogP contribution in [0.2, 0.25) is 0 Å². The van der Waals surface area contributed by atoms with Gasteiger partial charge in [-0.3, -0.25) is 9.36 Å². The Kier molecular flexibility index (Phi) is 5.72. The van der Waals surface area contributed by atoms with Gasteiger partial charge in [0.2, 0.25) is 5.95 Å². The largest absolute Gasteiger partial charge is 0.493 e. The normalized spacial score (nSPS) is 15.7. The van der Waals surface area contributed by atoms with Crippen LogP contribution in [0.15, 0.2) is 53.7 Å². The van der Waals surface area contributed by atoms with Crippen LogP contribution in [0.5, 0.6) is 11.5 Å². The monoisotopic (exact) mass is 419 g/mol. The fourth-order valence-electron chi connectivity index (χ4n) is 4.11. The third kappa shape index (κ3) is 3.90. The Hall–Kier alpha value is -3.28. The lowest BCUT2D eigenvalue weighted by molar-refractivity contribution is -0.114. The molecule has 6 heteroatoms. The van der Waals surface area contributed by atoms with E-state index in [1.54, 1.807) is 14.0 Å². The van der Waals surface area contributed by atoms with Crippen molar-refractivity contribution < 1.29 is 14.3 Å². The molecule has 0 spiro atoms. The number of aromatic nitrogens is 2. The van der Waals surface area contributed by atoms with Gasteiger partial charge in [-0.15, -0.1) is 0 Å². The van der Waals surface area contributed by atoms with Gasteiger partial charge in [0, 0.05) is 11.3 Å². The summed E-state index contributed by atoms with van der Waals surface area (Å²) in [7, 11) is 1.64. The van der Waals surface area contributed by atoms with Gasteiger partial charge in [-0.1, -0.05) is 32.0 Å². The third-order valence-corrected chi connectivity index (χ3v) is 5.67. The number of hydrogen-bond acceptors (Lipinski definition) is 5. The molecule has 1 N–H and O–H groups in total. The maximum absolute atomic E-state index is 12.7. The number of para-hydroxylation sites is 2. The molecule has 1 atom stereocenters. The molecule has 0 unspecified atom stereocenters. The minimum atomic E-state index is -0.306. The van der Waals surface area contributed by atoms with E-state index < -0.39 is 0 Å². The number of rotatable bonds is 7. The van der Waals surface area contributed by atoms with E-state index in [4.69, 9.17) is 14.5 Å². The molecule has 1 aliphatic heterocycles. The zero-order valence-electron chi connectivity index (χ0n) is 18.7. The number of carbonyl (C=O) groups excluding carboxylic acids is 1. The third-order valence-electron chi connectivity index (χ3n) is 5.67. The van der Waals surface area contributed by atoms with Crippen molar-refractivity contribution in [2.75, 3.05) is 19.0 Å². The summed E-state index contributed by atoms with van der Waals surface area (Å²) in [5, 5.41) is 3.31. The summed E-state index contributed by atoms with van der Waals surface area (Å²) in [5.74, 6) is 2.69. The average Bonchev–Trinajstić information content (AvgIpc) is 3.10. The highest BCUT2D eigenvalue weighted by Crippen LogP contribution is 2.41. The number of anilines is 1. The van der Waals surface area contributed by atoms with E-state index in [1.165, 1.54) is 0 Å². The van der Waals surface area contributed by atoms with E-state index in [0.29, 0.717) is 29.6 Å². The summed E-state index contributed by atoms with van der Waals surface area (Å²) in [6.45, 7) is 8.51. The van der Waals surface area contributed by atoms with Crippen molar-refractivity contribution in [2.45, 2.75) is 40.2 Å². The second-order valence-electron chi connectivity index (χ2n) is 8.36. The summed E-state index contributed by atoms with van der Waals surface area (Å²) in [4.78, 5) is 17.4. The van der Waals surface area contributed by atoms with Gasteiger partial charge in [0.05, 0.1) is 30.8 Å². The number of imidazole rings is 1. The standard InChI is InChI=1S/C25H29N3O3/c1-15(2)12-13-31-21-11-10-18(14-22(21)30-5)24-23(17(4)29)16(3)26-25-27-19-8-6-7-9-20(19)28(24)25/h6-11,14-15,24H,12-13H2,1-5H3,(H,26,27)/t24-/m0/s1. The Morgan fingerprint density at radius 2 is 1.97 bits per heavy atom. The predicted molar refractivity (Wildman–Crippen MR) is 123 cm³/mol. The van der Waals surface area contributed by atoms with Crippen molar-refractivity contribution in [3.63, 3.8) is 0 Å². The van der Waals surface area contributed by atoms with Gasteiger partial charge in [-0.25, -0.2) is 4.98 Å². The molecule has 162 valence electrons. The number of ether oxygens (including phenoxy) is 2. The lowest BCUT2D eigenvalue weighted by atomic mass is 9.92. The lowest BCUT2D eigenvalue weighted by Crippen LogP contribution is -2.27. The Balaban J connectivity index is 1.82. The second kappa shape index (κ2) is 8.46. The number of carbonyl (C=O) groups is 1. The molecule has 0 fully saturated rings. The van der Waals surface area contributed by atoms with E-state index in [1.807, 2.05) is 49.4 Å². The van der Waals surface area contributed by atoms with Crippen molar-refractivity contribution in [3.8, 4) is 11.5 Å². The minimum Gasteiger partial charge on any atom is -0.493 e. The van der Waals surface area contributed by atoms with E-state index in [9.17, 15) is 4.79 Å². The first-order valence-corrected chi connectivity index (χ1v) is 10.7. The Bertz CT molecular complexity index is 1160. The predicted octanol–water partition coefficient (Wildman–Crippen LogP) is 5.35. The van der Waals surface area contributed by atoms with Crippen LogP contribution in [0.25, 0.3) is 11.0 Å². The van der Waals surface area contributed by atoms with E-state index >= 15 is 0 Å². The molecule has 0 saturated carbocycles. The number of allylic oxidation sites excluding steroid dienone is 2. The number of nitrogens with zero attached hydrogens (tertiary/aromatic N) is 2. The van der Waals surface area contributed by atoms with Crippen LogP contribution in [-0.4, -0.2) is 29.1 Å². The molecule has 6 nitrogen and oxygen atoms in total. The van der Waals surface area contributed by atoms with Crippen molar-refractivity contribution in [1.82, 2.24) is 9.55 Å². The zero-order valence-corrected chi connectivity index (χ0v) is 18.7. The fourth-order valence-corrected chi connectivity index (χ4v) is 4.11. The molecule has 0 amide bonds. The molecular weight excluding hydrogens is 390 g/mol. The van der Waals surface area contributed by atoms with Crippen LogP contribution in [-0.2, 0) is 4.79 Å². The minimum absolute atomic E-state index is 0.0228. The lowest BCUT2D eigenvalue weighted by Gasteiger charge is -2.30. The van der Waals surface area contributed by atoms with Crippen LogP contribution in [0.1, 0.15) is 45.7 Å². The summed E-state index contributed by atoms with van der Waals surface area (Å²) in [6.07, 6.45) is 0.972. The molecule has 0 aliphatic carbocycles. The SMILES string of the molecule is COc1cc([C@H]2C(C(C)=O)=C(C)Nc3nc4ccccc4n32)ccc1OCCC(C)C. The van der Waals surface area contributed by atoms with Crippen LogP contribution in [0.3, 0.4) is 0 Å². The molecule has 3 aromatic rings. The molecule has 1 aromatic heterocycles. The number of Topliss-reactive ketones (excluding diaryl/α,β-unsaturated/α-hetero) is 1. The van der Waals surface area contributed by atoms with Crippen molar-refractivity contribution in [3.05, 3.63) is 59.3 Å². The average molecular weight is 420 g/mol. The summed E-state index contributed by atoms with van der Waals surface area (Å²) < 4.78 is 13.7. The van der Waals surface area contributed by atoms with Gasteiger partial charge in [0.15, 0.2) is 17.3 Å². The Morgan fingerprint density at radius 1 is 1.19 bits per heavy atom. The molecule has 0 saturated heterocycles. The fraction of sp³-hybridized carbons (Fsp3) is 0.360. The molecule has 0 radical (unpaired) electrons. The van der Waals surface area contributed by atoms with Gasteiger partial charge in [0.1, 0.15) is 0 Å². The van der Waals surface area contributed by atoms with Gasteiger partial charge in [0.25, 0.3) is 0 Å².